The molecule has 0 saturated carbocycles. The van der Waals surface area contributed by atoms with Crippen LogP contribution >= 0.6 is 0 Å². The quantitative estimate of drug-likeness (QED) is 0.696. The molecule has 0 spiro atoms. The van der Waals surface area contributed by atoms with E-state index in [2.05, 4.69) is 34.0 Å². The van der Waals surface area contributed by atoms with Crippen LogP contribution in [0.2, 0.25) is 0 Å². The van der Waals surface area contributed by atoms with Crippen molar-refractivity contribution in [2.75, 3.05) is 31.5 Å². The maximum atomic E-state index is 5.53. The maximum absolute atomic E-state index is 5.53. The second-order valence-corrected chi connectivity index (χ2v) is 4.72. The average molecular weight is 266 g/mol. The van der Waals surface area contributed by atoms with Crippen molar-refractivity contribution in [3.8, 4) is 5.88 Å². The lowest BCUT2D eigenvalue weighted by atomic mass is 10.3. The number of nitrogens with zero attached hydrogens (tertiary/aromatic N) is 3. The Kier molecular flexibility index (Phi) is 7.18. The molecule has 0 aliphatic rings. The maximum Gasteiger partial charge on any atom is 0.218 e. The van der Waals surface area contributed by atoms with Crippen molar-refractivity contribution in [3.05, 3.63) is 12.4 Å². The van der Waals surface area contributed by atoms with Gasteiger partial charge in [0.1, 0.15) is 12.1 Å². The molecule has 0 bridgehead atoms. The van der Waals surface area contributed by atoms with Crippen LogP contribution in [0, 0.1) is 0 Å². The molecule has 1 aromatic rings. The van der Waals surface area contributed by atoms with E-state index < -0.39 is 0 Å². The molecule has 108 valence electrons. The minimum Gasteiger partial charge on any atom is -0.475 e. The second kappa shape index (κ2) is 8.69. The number of aromatic nitrogens is 2. The molecule has 0 saturated heterocycles. The zero-order valence-corrected chi connectivity index (χ0v) is 12.5. The van der Waals surface area contributed by atoms with E-state index in [4.69, 9.17) is 4.74 Å². The van der Waals surface area contributed by atoms with Gasteiger partial charge in [-0.25, -0.2) is 9.97 Å². The number of hydrogen-bond donors (Lipinski definition) is 1. The predicted molar refractivity (Wildman–Crippen MR) is 78.7 cm³/mol. The third-order valence-corrected chi connectivity index (χ3v) is 2.85. The van der Waals surface area contributed by atoms with Gasteiger partial charge in [0, 0.05) is 12.6 Å². The minimum atomic E-state index is 0.130. The molecule has 0 unspecified atom stereocenters. The van der Waals surface area contributed by atoms with Gasteiger partial charge in [-0.15, -0.1) is 0 Å². The summed E-state index contributed by atoms with van der Waals surface area (Å²) >= 11 is 0. The van der Waals surface area contributed by atoms with Crippen molar-refractivity contribution in [2.45, 2.75) is 40.2 Å². The van der Waals surface area contributed by atoms with Gasteiger partial charge in [0.25, 0.3) is 0 Å². The van der Waals surface area contributed by atoms with Gasteiger partial charge in [0.05, 0.1) is 6.10 Å². The van der Waals surface area contributed by atoms with E-state index in [-0.39, 0.29) is 6.10 Å². The van der Waals surface area contributed by atoms with Gasteiger partial charge in [0.2, 0.25) is 5.88 Å². The van der Waals surface area contributed by atoms with E-state index in [0.29, 0.717) is 5.88 Å². The predicted octanol–water partition coefficient (Wildman–Crippen LogP) is 2.41. The molecule has 1 N–H and O–H groups in total. The van der Waals surface area contributed by atoms with Crippen LogP contribution < -0.4 is 10.1 Å². The summed E-state index contributed by atoms with van der Waals surface area (Å²) in [5.74, 6) is 1.45. The SMILES string of the molecule is CCN(CC)CCCNc1cc(OC(C)C)ncn1. The lowest BCUT2D eigenvalue weighted by Gasteiger charge is -2.17. The molecule has 0 aliphatic carbocycles. The Morgan fingerprint density at radius 2 is 2.00 bits per heavy atom. The smallest absolute Gasteiger partial charge is 0.218 e. The summed E-state index contributed by atoms with van der Waals surface area (Å²) in [6.07, 6.45) is 2.77. The fourth-order valence-electron chi connectivity index (χ4n) is 1.80. The minimum absolute atomic E-state index is 0.130. The van der Waals surface area contributed by atoms with Crippen LogP contribution in [0.4, 0.5) is 5.82 Å². The van der Waals surface area contributed by atoms with Crippen LogP contribution in [0.15, 0.2) is 12.4 Å². The van der Waals surface area contributed by atoms with Gasteiger partial charge in [-0.2, -0.15) is 0 Å². The first kappa shape index (κ1) is 15.7. The summed E-state index contributed by atoms with van der Waals surface area (Å²) in [5.41, 5.74) is 0. The fraction of sp³-hybridized carbons (Fsp3) is 0.714. The number of nitrogens with one attached hydrogen (secondary N) is 1. The van der Waals surface area contributed by atoms with E-state index in [9.17, 15) is 0 Å². The summed E-state index contributed by atoms with van der Waals surface area (Å²) in [6.45, 7) is 12.6. The van der Waals surface area contributed by atoms with E-state index in [1.165, 1.54) is 6.33 Å². The van der Waals surface area contributed by atoms with Crippen LogP contribution in [0.25, 0.3) is 0 Å². The molecule has 1 aromatic heterocycles. The summed E-state index contributed by atoms with van der Waals surface area (Å²) < 4.78 is 5.53. The van der Waals surface area contributed by atoms with Crippen LogP contribution in [0.1, 0.15) is 34.1 Å². The topological polar surface area (TPSA) is 50.3 Å². The largest absolute Gasteiger partial charge is 0.475 e. The fourth-order valence-corrected chi connectivity index (χ4v) is 1.80. The molecule has 0 fully saturated rings. The molecule has 1 heterocycles. The highest BCUT2D eigenvalue weighted by molar-refractivity contribution is 5.36. The highest BCUT2D eigenvalue weighted by atomic mass is 16.5. The zero-order chi connectivity index (χ0) is 14.1. The first-order valence-electron chi connectivity index (χ1n) is 7.10. The number of anilines is 1. The monoisotopic (exact) mass is 266 g/mol. The summed E-state index contributed by atoms with van der Waals surface area (Å²) in [5, 5.41) is 3.30. The first-order chi connectivity index (χ1) is 9.15. The molecule has 5 nitrogen and oxygen atoms in total. The normalized spacial score (nSPS) is 11.1. The molecular formula is C14H26N4O. The summed E-state index contributed by atoms with van der Waals surface area (Å²) in [7, 11) is 0. The van der Waals surface area contributed by atoms with Crippen molar-refractivity contribution in [3.63, 3.8) is 0 Å². The summed E-state index contributed by atoms with van der Waals surface area (Å²) in [6, 6.07) is 1.84. The first-order valence-corrected chi connectivity index (χ1v) is 7.10. The van der Waals surface area contributed by atoms with Crippen molar-refractivity contribution in [2.24, 2.45) is 0 Å². The number of hydrogen-bond acceptors (Lipinski definition) is 5. The molecule has 1 rings (SSSR count). The van der Waals surface area contributed by atoms with E-state index >= 15 is 0 Å². The highest BCUT2D eigenvalue weighted by Gasteiger charge is 2.02. The van der Waals surface area contributed by atoms with Crippen molar-refractivity contribution in [1.82, 2.24) is 14.9 Å². The van der Waals surface area contributed by atoms with Gasteiger partial charge in [0.15, 0.2) is 0 Å². The van der Waals surface area contributed by atoms with E-state index in [1.807, 2.05) is 19.9 Å². The van der Waals surface area contributed by atoms with Crippen molar-refractivity contribution < 1.29 is 4.74 Å². The van der Waals surface area contributed by atoms with E-state index in [1.54, 1.807) is 0 Å². The molecule has 5 heteroatoms. The molecule has 0 aliphatic heterocycles. The van der Waals surface area contributed by atoms with Gasteiger partial charge in [-0.3, -0.25) is 0 Å². The Balaban J connectivity index is 2.33. The molecule has 0 aromatic carbocycles. The zero-order valence-electron chi connectivity index (χ0n) is 12.5. The Morgan fingerprint density at radius 3 is 2.63 bits per heavy atom. The Morgan fingerprint density at radius 1 is 1.26 bits per heavy atom. The van der Waals surface area contributed by atoms with Crippen LogP contribution in [0.5, 0.6) is 5.88 Å². The van der Waals surface area contributed by atoms with Crippen molar-refractivity contribution in [1.29, 1.82) is 0 Å². The van der Waals surface area contributed by atoms with Gasteiger partial charge < -0.3 is 15.0 Å². The molecule has 0 amide bonds. The molecule has 0 atom stereocenters. The van der Waals surface area contributed by atoms with Crippen molar-refractivity contribution >= 4 is 5.82 Å². The van der Waals surface area contributed by atoms with Crippen LogP contribution in [-0.2, 0) is 0 Å². The molecule has 19 heavy (non-hydrogen) atoms. The lowest BCUT2D eigenvalue weighted by Crippen LogP contribution is -2.25. The third kappa shape index (κ3) is 6.38. The number of rotatable bonds is 9. The third-order valence-electron chi connectivity index (χ3n) is 2.85. The van der Waals surface area contributed by atoms with Gasteiger partial charge in [-0.05, 0) is 39.9 Å². The molecular weight excluding hydrogens is 240 g/mol. The van der Waals surface area contributed by atoms with Gasteiger partial charge >= 0.3 is 0 Å². The summed E-state index contributed by atoms with van der Waals surface area (Å²) in [4.78, 5) is 10.7. The Bertz CT molecular complexity index is 353. The standard InChI is InChI=1S/C14H26N4O/c1-5-18(6-2)9-7-8-15-13-10-14(17-11-16-13)19-12(3)4/h10-12H,5-9H2,1-4H3,(H,15,16,17). The van der Waals surface area contributed by atoms with Crippen LogP contribution in [0.3, 0.4) is 0 Å². The average Bonchev–Trinajstić information content (AvgIpc) is 2.38. The van der Waals surface area contributed by atoms with Crippen LogP contribution in [-0.4, -0.2) is 47.2 Å². The number of ether oxygens (including phenoxy) is 1. The van der Waals surface area contributed by atoms with Gasteiger partial charge in [-0.1, -0.05) is 13.8 Å². The second-order valence-electron chi connectivity index (χ2n) is 4.72. The van der Waals surface area contributed by atoms with E-state index in [0.717, 1.165) is 38.4 Å². The Hall–Kier alpha value is -1.36. The molecule has 0 radical (unpaired) electrons. The highest BCUT2D eigenvalue weighted by Crippen LogP contribution is 2.12. The lowest BCUT2D eigenvalue weighted by molar-refractivity contribution is 0.232. The Labute approximate surface area is 116 Å².